The second-order valence-electron chi connectivity index (χ2n) is 5.62. The first kappa shape index (κ1) is 18.5. The van der Waals surface area contributed by atoms with Crippen LogP contribution in [0.4, 0.5) is 11.4 Å². The third-order valence-electron chi connectivity index (χ3n) is 3.89. The molecule has 0 radical (unpaired) electrons. The summed E-state index contributed by atoms with van der Waals surface area (Å²) in [6.07, 6.45) is 0. The van der Waals surface area contributed by atoms with E-state index in [0.717, 1.165) is 11.6 Å². The van der Waals surface area contributed by atoms with Crippen LogP contribution in [0.5, 0.6) is 11.5 Å². The van der Waals surface area contributed by atoms with Crippen molar-refractivity contribution in [1.82, 2.24) is 0 Å². The number of aromatic carboxylic acids is 1. The van der Waals surface area contributed by atoms with E-state index < -0.39 is 38.5 Å². The van der Waals surface area contributed by atoms with Crippen LogP contribution in [0.25, 0.3) is 11.1 Å². The van der Waals surface area contributed by atoms with Crippen LogP contribution in [-0.4, -0.2) is 20.9 Å². The normalized spacial score (nSPS) is 10.3. The van der Waals surface area contributed by atoms with Crippen molar-refractivity contribution in [2.24, 2.45) is 0 Å². The van der Waals surface area contributed by atoms with E-state index in [1.165, 1.54) is 0 Å². The summed E-state index contributed by atoms with van der Waals surface area (Å²) in [4.78, 5) is 32.0. The van der Waals surface area contributed by atoms with Gasteiger partial charge in [0.25, 0.3) is 5.69 Å². The number of hydrogen-bond acceptors (Lipinski definition) is 6. The van der Waals surface area contributed by atoms with Gasteiger partial charge in [0.2, 0.25) is 5.75 Å². The molecule has 0 spiro atoms. The Labute approximate surface area is 157 Å². The highest BCUT2D eigenvalue weighted by molar-refractivity contribution is 5.94. The lowest BCUT2D eigenvalue weighted by Gasteiger charge is -2.12. The van der Waals surface area contributed by atoms with Crippen molar-refractivity contribution in [2.75, 3.05) is 0 Å². The fraction of sp³-hybridized carbons (Fsp3) is 0. The van der Waals surface area contributed by atoms with Crippen LogP contribution in [0, 0.1) is 20.2 Å². The first-order valence-corrected chi connectivity index (χ1v) is 7.91. The van der Waals surface area contributed by atoms with E-state index in [9.17, 15) is 30.1 Å². The molecular weight excluding hydrogens is 368 g/mol. The third-order valence-corrected chi connectivity index (χ3v) is 3.89. The number of carboxylic acid groups (broad SMARTS) is 1. The second kappa shape index (κ2) is 7.54. The highest BCUT2D eigenvalue weighted by atomic mass is 16.6. The van der Waals surface area contributed by atoms with E-state index in [1.54, 1.807) is 24.3 Å². The van der Waals surface area contributed by atoms with E-state index in [-0.39, 0.29) is 5.75 Å². The minimum absolute atomic E-state index is 0.238. The summed E-state index contributed by atoms with van der Waals surface area (Å²) in [5.41, 5.74) is -0.904. The lowest BCUT2D eigenvalue weighted by Crippen LogP contribution is -2.05. The molecule has 3 aromatic rings. The Hall–Kier alpha value is -4.27. The fourth-order valence-corrected chi connectivity index (χ4v) is 2.63. The topological polar surface area (TPSA) is 133 Å². The Morgan fingerprint density at radius 3 is 2.04 bits per heavy atom. The monoisotopic (exact) mass is 380 g/mol. The van der Waals surface area contributed by atoms with Gasteiger partial charge >= 0.3 is 11.7 Å². The minimum Gasteiger partial charge on any atom is -0.477 e. The maximum atomic E-state index is 11.4. The average Bonchev–Trinajstić information content (AvgIpc) is 2.68. The Morgan fingerprint density at radius 2 is 1.43 bits per heavy atom. The maximum Gasteiger partial charge on any atom is 0.342 e. The zero-order valence-corrected chi connectivity index (χ0v) is 14.1. The molecule has 0 unspecified atom stereocenters. The average molecular weight is 380 g/mol. The van der Waals surface area contributed by atoms with Crippen LogP contribution < -0.4 is 4.74 Å². The molecule has 0 aliphatic heterocycles. The molecular formula is C19H12N2O7. The summed E-state index contributed by atoms with van der Waals surface area (Å²) in [6, 6.07) is 17.2. The van der Waals surface area contributed by atoms with Crippen molar-refractivity contribution in [3.8, 4) is 22.6 Å². The molecule has 0 amide bonds. The van der Waals surface area contributed by atoms with Gasteiger partial charge in [0.15, 0.2) is 0 Å². The van der Waals surface area contributed by atoms with Crippen LogP contribution in [0.15, 0.2) is 66.7 Å². The third kappa shape index (κ3) is 3.63. The molecule has 0 heterocycles. The van der Waals surface area contributed by atoms with Gasteiger partial charge in [-0.25, -0.2) is 4.79 Å². The van der Waals surface area contributed by atoms with E-state index in [0.29, 0.717) is 11.6 Å². The van der Waals surface area contributed by atoms with Crippen molar-refractivity contribution in [3.63, 3.8) is 0 Å². The maximum absolute atomic E-state index is 11.4. The number of nitro benzene ring substituents is 2. The van der Waals surface area contributed by atoms with Crippen molar-refractivity contribution >= 4 is 17.3 Å². The summed E-state index contributed by atoms with van der Waals surface area (Å²) < 4.78 is 5.65. The molecule has 0 aliphatic carbocycles. The standard InChI is InChI=1S/C19H12N2O7/c22-19(23)14-10-18(16(21(26)27)11-15(14)20(24)25)28-17-9-5-4-8-13(17)12-6-2-1-3-7-12/h1-11H,(H,22,23). The van der Waals surface area contributed by atoms with Crippen LogP contribution in [-0.2, 0) is 0 Å². The number of rotatable bonds is 6. The molecule has 3 rings (SSSR count). The first-order valence-electron chi connectivity index (χ1n) is 7.91. The molecule has 9 nitrogen and oxygen atoms in total. The quantitative estimate of drug-likeness (QED) is 0.485. The van der Waals surface area contributed by atoms with Gasteiger partial charge < -0.3 is 9.84 Å². The molecule has 3 aromatic carbocycles. The molecule has 0 aromatic heterocycles. The molecule has 28 heavy (non-hydrogen) atoms. The molecule has 0 fully saturated rings. The molecule has 0 bridgehead atoms. The summed E-state index contributed by atoms with van der Waals surface area (Å²) >= 11 is 0. The predicted molar refractivity (Wildman–Crippen MR) is 98.7 cm³/mol. The summed E-state index contributed by atoms with van der Waals surface area (Å²) in [6.45, 7) is 0. The van der Waals surface area contributed by atoms with Gasteiger partial charge in [-0.2, -0.15) is 0 Å². The molecule has 0 saturated heterocycles. The van der Waals surface area contributed by atoms with Crippen LogP contribution in [0.1, 0.15) is 10.4 Å². The largest absolute Gasteiger partial charge is 0.477 e. The number of nitrogens with zero attached hydrogens (tertiary/aromatic N) is 2. The van der Waals surface area contributed by atoms with E-state index in [2.05, 4.69) is 0 Å². The van der Waals surface area contributed by atoms with E-state index in [4.69, 9.17) is 4.74 Å². The Morgan fingerprint density at radius 1 is 0.821 bits per heavy atom. The van der Waals surface area contributed by atoms with Gasteiger partial charge in [0.1, 0.15) is 11.3 Å². The molecule has 140 valence electrons. The Kier molecular flexibility index (Phi) is 4.99. The number of ether oxygens (including phenoxy) is 1. The van der Waals surface area contributed by atoms with Gasteiger partial charge in [-0.15, -0.1) is 0 Å². The number of carbonyl (C=O) groups is 1. The number of hydrogen-bond donors (Lipinski definition) is 1. The molecule has 0 aliphatic rings. The van der Waals surface area contributed by atoms with Crippen LogP contribution in [0.2, 0.25) is 0 Å². The molecule has 0 atom stereocenters. The summed E-state index contributed by atoms with van der Waals surface area (Å²) in [7, 11) is 0. The van der Waals surface area contributed by atoms with Crippen molar-refractivity contribution < 1.29 is 24.5 Å². The summed E-state index contributed by atoms with van der Waals surface area (Å²) in [5.74, 6) is -1.76. The lowest BCUT2D eigenvalue weighted by molar-refractivity contribution is -0.394. The van der Waals surface area contributed by atoms with Gasteiger partial charge in [-0.3, -0.25) is 20.2 Å². The zero-order valence-electron chi connectivity index (χ0n) is 14.1. The highest BCUT2D eigenvalue weighted by Gasteiger charge is 2.29. The highest BCUT2D eigenvalue weighted by Crippen LogP contribution is 2.40. The number of benzene rings is 3. The molecule has 1 N–H and O–H groups in total. The van der Waals surface area contributed by atoms with Gasteiger partial charge in [-0.1, -0.05) is 48.5 Å². The van der Waals surface area contributed by atoms with Crippen molar-refractivity contribution in [2.45, 2.75) is 0 Å². The predicted octanol–water partition coefficient (Wildman–Crippen LogP) is 4.66. The van der Waals surface area contributed by atoms with E-state index >= 15 is 0 Å². The van der Waals surface area contributed by atoms with Gasteiger partial charge in [-0.05, 0) is 11.6 Å². The molecule has 9 heteroatoms. The van der Waals surface area contributed by atoms with Gasteiger partial charge in [0, 0.05) is 11.6 Å². The Bertz CT molecular complexity index is 1080. The first-order chi connectivity index (χ1) is 13.4. The van der Waals surface area contributed by atoms with Gasteiger partial charge in [0.05, 0.1) is 15.9 Å². The number of carboxylic acids is 1. The minimum atomic E-state index is -1.59. The van der Waals surface area contributed by atoms with E-state index in [1.807, 2.05) is 30.3 Å². The summed E-state index contributed by atoms with van der Waals surface area (Å²) in [5, 5.41) is 31.7. The van der Waals surface area contributed by atoms with Crippen molar-refractivity contribution in [3.05, 3.63) is 92.5 Å². The van der Waals surface area contributed by atoms with Crippen LogP contribution in [0.3, 0.4) is 0 Å². The SMILES string of the molecule is O=C(O)c1cc(Oc2ccccc2-c2ccccc2)c([N+](=O)[O-])cc1[N+](=O)[O-]. The second-order valence-corrected chi connectivity index (χ2v) is 5.62. The smallest absolute Gasteiger partial charge is 0.342 e. The van der Waals surface area contributed by atoms with Crippen molar-refractivity contribution in [1.29, 1.82) is 0 Å². The molecule has 0 saturated carbocycles. The Balaban J connectivity index is 2.16. The zero-order chi connectivity index (χ0) is 20.3. The number of para-hydroxylation sites is 1. The number of nitro groups is 2. The fourth-order valence-electron chi connectivity index (χ4n) is 2.63. The van der Waals surface area contributed by atoms with Crippen LogP contribution >= 0.6 is 0 Å². The lowest BCUT2D eigenvalue weighted by atomic mass is 10.0.